The molecule has 0 aliphatic rings. The Kier molecular flexibility index (Phi) is 5.57. The van der Waals surface area contributed by atoms with E-state index in [0.717, 1.165) is 0 Å². The van der Waals surface area contributed by atoms with Crippen LogP contribution in [-0.4, -0.2) is 36.2 Å². The first-order valence-electron chi connectivity index (χ1n) is 5.97. The molecule has 1 aromatic carbocycles. The number of aromatic carboxylic acids is 1. The number of nitrogens with one attached hydrogen (secondary N) is 1. The minimum atomic E-state index is -1.51. The van der Waals surface area contributed by atoms with Gasteiger partial charge in [0, 0.05) is 12.6 Å². The van der Waals surface area contributed by atoms with Crippen molar-refractivity contribution in [2.75, 3.05) is 13.2 Å². The molecular weight excluding hydrogens is 272 g/mol. The number of benzene rings is 1. The van der Waals surface area contributed by atoms with Crippen molar-refractivity contribution in [3.63, 3.8) is 0 Å². The number of carboxylic acids is 1. The molecule has 7 heteroatoms. The zero-order chi connectivity index (χ0) is 15.3. The van der Waals surface area contributed by atoms with E-state index in [9.17, 15) is 18.4 Å². The maximum Gasteiger partial charge on any atom is 0.336 e. The molecule has 2 N–H and O–H groups in total. The Bertz CT molecular complexity index is 519. The van der Waals surface area contributed by atoms with Crippen molar-refractivity contribution >= 4 is 11.9 Å². The minimum Gasteiger partial charge on any atom is -0.478 e. The molecule has 0 heterocycles. The summed E-state index contributed by atoms with van der Waals surface area (Å²) >= 11 is 0. The summed E-state index contributed by atoms with van der Waals surface area (Å²) in [4.78, 5) is 22.8. The van der Waals surface area contributed by atoms with Crippen LogP contribution in [0.15, 0.2) is 12.1 Å². The van der Waals surface area contributed by atoms with Crippen LogP contribution in [0.4, 0.5) is 8.78 Å². The molecule has 1 amide bonds. The standard InChI is InChI=1S/C13H15F2NO4/c1-3-20-6-7(2)16-12(17)8-4-10(14)11(15)5-9(8)13(18)19/h4-5,7H,3,6H2,1-2H3,(H,16,17)(H,18,19). The van der Waals surface area contributed by atoms with Gasteiger partial charge in [-0.05, 0) is 26.0 Å². The lowest BCUT2D eigenvalue weighted by Crippen LogP contribution is -2.36. The van der Waals surface area contributed by atoms with Crippen LogP contribution in [0.1, 0.15) is 34.6 Å². The van der Waals surface area contributed by atoms with Gasteiger partial charge in [0.05, 0.1) is 17.7 Å². The van der Waals surface area contributed by atoms with E-state index in [2.05, 4.69) is 5.32 Å². The summed E-state index contributed by atoms with van der Waals surface area (Å²) in [6.45, 7) is 4.13. The van der Waals surface area contributed by atoms with Gasteiger partial charge in [0.2, 0.25) is 0 Å². The number of ether oxygens (including phenoxy) is 1. The zero-order valence-electron chi connectivity index (χ0n) is 11.1. The van der Waals surface area contributed by atoms with Crippen LogP contribution in [-0.2, 0) is 4.74 Å². The zero-order valence-corrected chi connectivity index (χ0v) is 11.1. The number of hydrogen-bond acceptors (Lipinski definition) is 3. The maximum absolute atomic E-state index is 13.2. The van der Waals surface area contributed by atoms with Crippen LogP contribution in [0.3, 0.4) is 0 Å². The molecule has 1 rings (SSSR count). The minimum absolute atomic E-state index is 0.230. The number of carbonyl (C=O) groups is 2. The molecule has 0 saturated heterocycles. The van der Waals surface area contributed by atoms with E-state index in [4.69, 9.17) is 9.84 Å². The second-order valence-corrected chi connectivity index (χ2v) is 4.15. The number of carboxylic acid groups (broad SMARTS) is 1. The molecule has 0 radical (unpaired) electrons. The Morgan fingerprint density at radius 1 is 1.30 bits per heavy atom. The summed E-state index contributed by atoms with van der Waals surface area (Å²) in [6, 6.07) is 0.665. The Labute approximate surface area is 114 Å². The largest absolute Gasteiger partial charge is 0.478 e. The summed E-state index contributed by atoms with van der Waals surface area (Å²) in [6.07, 6.45) is 0. The lowest BCUT2D eigenvalue weighted by Gasteiger charge is -2.14. The van der Waals surface area contributed by atoms with E-state index in [1.807, 2.05) is 0 Å². The van der Waals surface area contributed by atoms with Gasteiger partial charge in [-0.25, -0.2) is 13.6 Å². The van der Waals surface area contributed by atoms with Gasteiger partial charge in [-0.3, -0.25) is 4.79 Å². The third-order valence-corrected chi connectivity index (χ3v) is 2.48. The Morgan fingerprint density at radius 2 is 1.85 bits per heavy atom. The second-order valence-electron chi connectivity index (χ2n) is 4.15. The Balaban J connectivity index is 2.97. The van der Waals surface area contributed by atoms with Crippen molar-refractivity contribution in [2.24, 2.45) is 0 Å². The van der Waals surface area contributed by atoms with Gasteiger partial charge in [0.15, 0.2) is 11.6 Å². The van der Waals surface area contributed by atoms with Crippen LogP contribution in [0, 0.1) is 11.6 Å². The van der Waals surface area contributed by atoms with Gasteiger partial charge >= 0.3 is 5.97 Å². The van der Waals surface area contributed by atoms with Gasteiger partial charge < -0.3 is 15.2 Å². The van der Waals surface area contributed by atoms with E-state index in [1.165, 1.54) is 0 Å². The van der Waals surface area contributed by atoms with Crippen LogP contribution in [0.2, 0.25) is 0 Å². The topological polar surface area (TPSA) is 75.6 Å². The lowest BCUT2D eigenvalue weighted by molar-refractivity contribution is 0.0688. The highest BCUT2D eigenvalue weighted by Crippen LogP contribution is 2.15. The van der Waals surface area contributed by atoms with E-state index in [0.29, 0.717) is 18.7 Å². The number of amides is 1. The molecule has 1 unspecified atom stereocenters. The number of rotatable bonds is 6. The summed E-state index contributed by atoms with van der Waals surface area (Å²) in [5.74, 6) is -4.90. The average molecular weight is 287 g/mol. The Hall–Kier alpha value is -2.02. The molecule has 1 aromatic rings. The van der Waals surface area contributed by atoms with E-state index < -0.39 is 40.7 Å². The first-order chi connectivity index (χ1) is 9.36. The van der Waals surface area contributed by atoms with Crippen molar-refractivity contribution < 1.29 is 28.2 Å². The normalized spacial score (nSPS) is 12.0. The van der Waals surface area contributed by atoms with E-state index in [1.54, 1.807) is 13.8 Å². The van der Waals surface area contributed by atoms with Crippen molar-refractivity contribution in [1.82, 2.24) is 5.32 Å². The maximum atomic E-state index is 13.2. The fourth-order valence-electron chi connectivity index (χ4n) is 1.55. The molecule has 0 bridgehead atoms. The van der Waals surface area contributed by atoms with Crippen molar-refractivity contribution in [2.45, 2.75) is 19.9 Å². The van der Waals surface area contributed by atoms with Gasteiger partial charge in [-0.2, -0.15) is 0 Å². The molecule has 0 fully saturated rings. The fraction of sp³-hybridized carbons (Fsp3) is 0.385. The highest BCUT2D eigenvalue weighted by molar-refractivity contribution is 6.04. The third kappa shape index (κ3) is 3.99. The van der Waals surface area contributed by atoms with Gasteiger partial charge in [-0.1, -0.05) is 0 Å². The predicted octanol–water partition coefficient (Wildman–Crippen LogP) is 1.82. The third-order valence-electron chi connectivity index (χ3n) is 2.48. The van der Waals surface area contributed by atoms with Crippen LogP contribution in [0.25, 0.3) is 0 Å². The summed E-state index contributed by atoms with van der Waals surface area (Å²) in [7, 11) is 0. The number of halogens is 2. The molecule has 5 nitrogen and oxygen atoms in total. The number of carbonyl (C=O) groups excluding carboxylic acids is 1. The fourth-order valence-corrected chi connectivity index (χ4v) is 1.55. The molecule has 0 spiro atoms. The predicted molar refractivity (Wildman–Crippen MR) is 66.7 cm³/mol. The van der Waals surface area contributed by atoms with Crippen LogP contribution in [0.5, 0.6) is 0 Å². The lowest BCUT2D eigenvalue weighted by atomic mass is 10.1. The smallest absolute Gasteiger partial charge is 0.336 e. The van der Waals surface area contributed by atoms with Crippen molar-refractivity contribution in [3.8, 4) is 0 Å². The summed E-state index contributed by atoms with van der Waals surface area (Å²) in [5.41, 5.74) is -1.02. The molecular formula is C13H15F2NO4. The average Bonchev–Trinajstić information content (AvgIpc) is 2.38. The summed E-state index contributed by atoms with van der Waals surface area (Å²) < 4.78 is 31.3. The van der Waals surface area contributed by atoms with Crippen LogP contribution >= 0.6 is 0 Å². The summed E-state index contributed by atoms with van der Waals surface area (Å²) in [5, 5.41) is 11.4. The van der Waals surface area contributed by atoms with Gasteiger partial charge in [0.25, 0.3) is 5.91 Å². The molecule has 0 aliphatic carbocycles. The van der Waals surface area contributed by atoms with Crippen LogP contribution < -0.4 is 5.32 Å². The molecule has 0 saturated carbocycles. The first-order valence-corrected chi connectivity index (χ1v) is 5.97. The molecule has 0 aliphatic heterocycles. The molecule has 0 aromatic heterocycles. The SMILES string of the molecule is CCOCC(C)NC(=O)c1cc(F)c(F)cc1C(=O)O. The highest BCUT2D eigenvalue weighted by Gasteiger charge is 2.21. The van der Waals surface area contributed by atoms with E-state index in [-0.39, 0.29) is 6.61 Å². The monoisotopic (exact) mass is 287 g/mol. The van der Waals surface area contributed by atoms with E-state index >= 15 is 0 Å². The van der Waals surface area contributed by atoms with Gasteiger partial charge in [-0.15, -0.1) is 0 Å². The second kappa shape index (κ2) is 6.95. The van der Waals surface area contributed by atoms with Gasteiger partial charge in [0.1, 0.15) is 0 Å². The Morgan fingerprint density at radius 3 is 2.35 bits per heavy atom. The number of hydrogen-bond donors (Lipinski definition) is 2. The van der Waals surface area contributed by atoms with Crippen molar-refractivity contribution in [3.05, 3.63) is 34.9 Å². The van der Waals surface area contributed by atoms with Crippen molar-refractivity contribution in [1.29, 1.82) is 0 Å². The first kappa shape index (κ1) is 16.0. The quantitative estimate of drug-likeness (QED) is 0.836. The highest BCUT2D eigenvalue weighted by atomic mass is 19.2. The molecule has 20 heavy (non-hydrogen) atoms. The molecule has 110 valence electrons. The molecule has 1 atom stereocenters.